The van der Waals surface area contributed by atoms with Crippen molar-refractivity contribution < 1.29 is 0 Å². The number of nitrogens with zero attached hydrogens (tertiary/aromatic N) is 1. The maximum absolute atomic E-state index is 2.32. The molecule has 2 rings (SSSR count). The Kier molecular flexibility index (Phi) is 4.62. The van der Waals surface area contributed by atoms with Crippen LogP contribution in [-0.2, 0) is 6.42 Å². The van der Waals surface area contributed by atoms with E-state index in [4.69, 9.17) is 0 Å². The van der Waals surface area contributed by atoms with E-state index in [0.29, 0.717) is 5.92 Å². The Morgan fingerprint density at radius 2 is 1.53 bits per heavy atom. The van der Waals surface area contributed by atoms with Crippen molar-refractivity contribution in [2.75, 3.05) is 18.5 Å². The van der Waals surface area contributed by atoms with Crippen LogP contribution in [0.2, 0.25) is 0 Å². The predicted molar refractivity (Wildman–Crippen MR) is 83.9 cm³/mol. The number of hydrogen-bond donors (Lipinski definition) is 0. The van der Waals surface area contributed by atoms with Crippen molar-refractivity contribution in [1.82, 2.24) is 0 Å². The van der Waals surface area contributed by atoms with Crippen LogP contribution in [0.4, 0.5) is 5.69 Å². The van der Waals surface area contributed by atoms with E-state index in [0.717, 1.165) is 13.0 Å². The Morgan fingerprint density at radius 3 is 2.11 bits per heavy atom. The van der Waals surface area contributed by atoms with Crippen molar-refractivity contribution >= 4 is 5.69 Å². The molecule has 1 nitrogen and oxygen atoms in total. The largest absolute Gasteiger partial charge is 0.374 e. The van der Waals surface area contributed by atoms with Crippen LogP contribution in [0.25, 0.3) is 0 Å². The lowest BCUT2D eigenvalue weighted by atomic mass is 10.0. The van der Waals surface area contributed by atoms with Gasteiger partial charge in [0.1, 0.15) is 0 Å². The predicted octanol–water partition coefficient (Wildman–Crippen LogP) is 4.49. The van der Waals surface area contributed by atoms with E-state index in [2.05, 4.69) is 80.4 Å². The Labute approximate surface area is 116 Å². The highest BCUT2D eigenvalue weighted by Gasteiger charge is 2.03. The van der Waals surface area contributed by atoms with Gasteiger partial charge in [0.25, 0.3) is 0 Å². The monoisotopic (exact) mass is 253 g/mol. The number of hydrogen-bond acceptors (Lipinski definition) is 1. The maximum atomic E-state index is 2.32. The molecule has 19 heavy (non-hydrogen) atoms. The molecular formula is C18H23N. The van der Waals surface area contributed by atoms with Crippen molar-refractivity contribution in [3.63, 3.8) is 0 Å². The molecule has 2 aromatic rings. The Bertz CT molecular complexity index is 485. The summed E-state index contributed by atoms with van der Waals surface area (Å²) in [5.41, 5.74) is 4.09. The summed E-state index contributed by atoms with van der Waals surface area (Å²) in [6, 6.07) is 19.6. The fourth-order valence-electron chi connectivity index (χ4n) is 2.18. The fraction of sp³-hybridized carbons (Fsp3) is 0.333. The molecule has 0 saturated carbocycles. The van der Waals surface area contributed by atoms with E-state index < -0.39 is 0 Å². The van der Waals surface area contributed by atoms with Crippen LogP contribution in [0.1, 0.15) is 30.9 Å². The maximum Gasteiger partial charge on any atom is 0.0363 e. The molecule has 0 bridgehead atoms. The second-order valence-electron chi connectivity index (χ2n) is 5.40. The number of benzene rings is 2. The molecule has 0 spiro atoms. The normalized spacial score (nSPS) is 10.7. The molecular weight excluding hydrogens is 230 g/mol. The third-order valence-electron chi connectivity index (χ3n) is 3.58. The van der Waals surface area contributed by atoms with Gasteiger partial charge >= 0.3 is 0 Å². The molecule has 0 fully saturated rings. The van der Waals surface area contributed by atoms with Gasteiger partial charge in [-0.1, -0.05) is 56.3 Å². The molecule has 0 aromatic heterocycles. The Balaban J connectivity index is 1.94. The van der Waals surface area contributed by atoms with Crippen molar-refractivity contribution in [1.29, 1.82) is 0 Å². The van der Waals surface area contributed by atoms with E-state index in [1.165, 1.54) is 16.8 Å². The Morgan fingerprint density at radius 1 is 0.895 bits per heavy atom. The average Bonchev–Trinajstić information content (AvgIpc) is 2.46. The summed E-state index contributed by atoms with van der Waals surface area (Å²) in [5, 5.41) is 0. The van der Waals surface area contributed by atoms with Crippen molar-refractivity contribution in [2.24, 2.45) is 0 Å². The molecule has 0 unspecified atom stereocenters. The van der Waals surface area contributed by atoms with E-state index in [9.17, 15) is 0 Å². The lowest BCUT2D eigenvalue weighted by molar-refractivity contribution is 0.858. The highest BCUT2D eigenvalue weighted by Crippen LogP contribution is 2.19. The highest BCUT2D eigenvalue weighted by atomic mass is 15.1. The minimum Gasteiger partial charge on any atom is -0.374 e. The zero-order chi connectivity index (χ0) is 13.7. The first-order valence-corrected chi connectivity index (χ1v) is 7.02. The summed E-state index contributed by atoms with van der Waals surface area (Å²) in [6.45, 7) is 5.51. The van der Waals surface area contributed by atoms with Gasteiger partial charge in [0, 0.05) is 19.3 Å². The minimum absolute atomic E-state index is 0.601. The third kappa shape index (κ3) is 3.85. The van der Waals surface area contributed by atoms with Gasteiger partial charge in [0.15, 0.2) is 0 Å². The summed E-state index contributed by atoms with van der Waals surface area (Å²) in [5.74, 6) is 0.601. The molecule has 0 aliphatic carbocycles. The molecule has 100 valence electrons. The first-order chi connectivity index (χ1) is 9.16. The van der Waals surface area contributed by atoms with Crippen LogP contribution in [0.5, 0.6) is 0 Å². The lowest BCUT2D eigenvalue weighted by Crippen LogP contribution is -2.20. The molecule has 0 radical (unpaired) electrons. The molecule has 0 aliphatic rings. The van der Waals surface area contributed by atoms with E-state index in [1.807, 2.05) is 0 Å². The first kappa shape index (κ1) is 13.7. The van der Waals surface area contributed by atoms with Crippen LogP contribution in [0.3, 0.4) is 0 Å². The molecule has 0 heterocycles. The second-order valence-corrected chi connectivity index (χ2v) is 5.40. The summed E-state index contributed by atoms with van der Waals surface area (Å²) in [4.78, 5) is 2.32. The molecule has 0 atom stereocenters. The SMILES string of the molecule is CC(C)c1ccc(N(C)CCc2ccccc2)cc1. The van der Waals surface area contributed by atoms with Gasteiger partial charge in [-0.2, -0.15) is 0 Å². The van der Waals surface area contributed by atoms with E-state index >= 15 is 0 Å². The zero-order valence-electron chi connectivity index (χ0n) is 12.1. The number of rotatable bonds is 5. The molecule has 0 aliphatic heterocycles. The van der Waals surface area contributed by atoms with E-state index in [-0.39, 0.29) is 0 Å². The molecule has 0 saturated heterocycles. The van der Waals surface area contributed by atoms with Gasteiger partial charge in [0.05, 0.1) is 0 Å². The molecule has 0 N–H and O–H groups in total. The van der Waals surface area contributed by atoms with Crippen LogP contribution >= 0.6 is 0 Å². The van der Waals surface area contributed by atoms with Crippen molar-refractivity contribution in [2.45, 2.75) is 26.2 Å². The quantitative estimate of drug-likeness (QED) is 0.759. The first-order valence-electron chi connectivity index (χ1n) is 7.02. The van der Waals surface area contributed by atoms with E-state index in [1.54, 1.807) is 0 Å². The number of likely N-dealkylation sites (N-methyl/N-ethyl adjacent to an activating group) is 1. The van der Waals surface area contributed by atoms with Gasteiger partial charge in [-0.25, -0.2) is 0 Å². The highest BCUT2D eigenvalue weighted by molar-refractivity contribution is 5.47. The summed E-state index contributed by atoms with van der Waals surface area (Å²) in [7, 11) is 2.16. The molecule has 0 amide bonds. The molecule has 1 heteroatoms. The standard InChI is InChI=1S/C18H23N/c1-15(2)17-9-11-18(12-10-17)19(3)14-13-16-7-5-4-6-8-16/h4-12,15H,13-14H2,1-3H3. The van der Waals surface area contributed by atoms with Gasteiger partial charge in [0.2, 0.25) is 0 Å². The van der Waals surface area contributed by atoms with Crippen LogP contribution in [0.15, 0.2) is 54.6 Å². The van der Waals surface area contributed by atoms with Crippen LogP contribution in [-0.4, -0.2) is 13.6 Å². The van der Waals surface area contributed by atoms with Gasteiger partial charge < -0.3 is 4.90 Å². The molecule has 2 aromatic carbocycles. The smallest absolute Gasteiger partial charge is 0.0363 e. The van der Waals surface area contributed by atoms with Crippen molar-refractivity contribution in [3.8, 4) is 0 Å². The van der Waals surface area contributed by atoms with Crippen LogP contribution in [0, 0.1) is 0 Å². The lowest BCUT2D eigenvalue weighted by Gasteiger charge is -2.20. The summed E-state index contributed by atoms with van der Waals surface area (Å²) >= 11 is 0. The summed E-state index contributed by atoms with van der Waals surface area (Å²) < 4.78 is 0. The van der Waals surface area contributed by atoms with Gasteiger partial charge in [-0.05, 0) is 35.6 Å². The summed E-state index contributed by atoms with van der Waals surface area (Å²) in [6.07, 6.45) is 1.09. The minimum atomic E-state index is 0.601. The average molecular weight is 253 g/mol. The second kappa shape index (κ2) is 6.42. The number of anilines is 1. The van der Waals surface area contributed by atoms with Gasteiger partial charge in [-0.3, -0.25) is 0 Å². The third-order valence-corrected chi connectivity index (χ3v) is 3.58. The van der Waals surface area contributed by atoms with Gasteiger partial charge in [-0.15, -0.1) is 0 Å². The zero-order valence-corrected chi connectivity index (χ0v) is 12.1. The Hall–Kier alpha value is -1.76. The van der Waals surface area contributed by atoms with Crippen molar-refractivity contribution in [3.05, 3.63) is 65.7 Å². The fourth-order valence-corrected chi connectivity index (χ4v) is 2.18. The van der Waals surface area contributed by atoms with Crippen LogP contribution < -0.4 is 4.90 Å². The topological polar surface area (TPSA) is 3.24 Å².